The number of aliphatic carboxylic acids is 1. The Kier molecular flexibility index (Phi) is 5.84. The Bertz CT molecular complexity index is 1200. The zero-order valence-electron chi connectivity index (χ0n) is 17.8. The zero-order chi connectivity index (χ0) is 22.6. The molecule has 0 spiro atoms. The zero-order valence-corrected chi connectivity index (χ0v) is 17.8. The van der Waals surface area contributed by atoms with Crippen LogP contribution >= 0.6 is 0 Å². The average Bonchev–Trinajstić information content (AvgIpc) is 3.23. The maximum atomic E-state index is 10.9. The van der Waals surface area contributed by atoms with Crippen LogP contribution in [-0.4, -0.2) is 37.1 Å². The summed E-state index contributed by atoms with van der Waals surface area (Å²) in [5.74, 6) is -0.493. The largest absolute Gasteiger partial charge is 0.481 e. The number of anilines is 2. The minimum atomic E-state index is -0.731. The van der Waals surface area contributed by atoms with E-state index in [-0.39, 0.29) is 18.4 Å². The molecule has 2 N–H and O–H groups in total. The van der Waals surface area contributed by atoms with Crippen LogP contribution in [0.1, 0.15) is 32.1 Å². The molecule has 1 aromatic carbocycles. The molecule has 3 heterocycles. The Hall–Kier alpha value is -4.01. The summed E-state index contributed by atoms with van der Waals surface area (Å²) in [5.41, 5.74) is 3.88. The molecule has 0 atom stereocenters. The van der Waals surface area contributed by atoms with E-state index in [1.165, 1.54) is 0 Å². The molecule has 0 radical (unpaired) electrons. The third-order valence-corrected chi connectivity index (χ3v) is 5.79. The second-order valence-electron chi connectivity index (χ2n) is 8.16. The summed E-state index contributed by atoms with van der Waals surface area (Å²) in [6.45, 7) is 0. The van der Waals surface area contributed by atoms with Crippen LogP contribution in [-0.2, 0) is 4.79 Å². The number of pyridine rings is 1. The van der Waals surface area contributed by atoms with Gasteiger partial charge in [-0.3, -0.25) is 4.79 Å². The van der Waals surface area contributed by atoms with Gasteiger partial charge in [0.15, 0.2) is 5.58 Å². The number of benzene rings is 1. The van der Waals surface area contributed by atoms with Gasteiger partial charge in [0.1, 0.15) is 6.10 Å². The average molecular weight is 445 g/mol. The van der Waals surface area contributed by atoms with Crippen LogP contribution in [0.15, 0.2) is 59.4 Å². The highest BCUT2D eigenvalue weighted by Crippen LogP contribution is 2.29. The molecule has 1 aliphatic rings. The van der Waals surface area contributed by atoms with Gasteiger partial charge in [-0.1, -0.05) is 12.1 Å². The van der Waals surface area contributed by atoms with Crippen LogP contribution in [0.4, 0.5) is 11.7 Å². The number of carboxylic acid groups (broad SMARTS) is 1. The van der Waals surface area contributed by atoms with Gasteiger partial charge in [-0.2, -0.15) is 4.98 Å². The van der Waals surface area contributed by atoms with E-state index < -0.39 is 5.97 Å². The Morgan fingerprint density at radius 1 is 1.03 bits per heavy atom. The first-order valence-corrected chi connectivity index (χ1v) is 10.9. The molecule has 1 fully saturated rings. The molecular weight excluding hydrogens is 422 g/mol. The molecule has 1 aliphatic carbocycles. The third kappa shape index (κ3) is 5.08. The van der Waals surface area contributed by atoms with E-state index in [1.807, 2.05) is 30.3 Å². The molecule has 5 rings (SSSR count). The Morgan fingerprint density at radius 2 is 1.79 bits per heavy atom. The highest BCUT2D eigenvalue weighted by Gasteiger charge is 2.24. The van der Waals surface area contributed by atoms with E-state index in [9.17, 15) is 4.79 Å². The van der Waals surface area contributed by atoms with Crippen LogP contribution < -0.4 is 10.1 Å². The lowest BCUT2D eigenvalue weighted by molar-refractivity contribution is -0.138. The van der Waals surface area contributed by atoms with Crippen molar-refractivity contribution in [2.24, 2.45) is 5.92 Å². The van der Waals surface area contributed by atoms with Crippen molar-refractivity contribution in [1.29, 1.82) is 0 Å². The Morgan fingerprint density at radius 3 is 2.48 bits per heavy atom. The second kappa shape index (κ2) is 9.23. The molecule has 0 amide bonds. The van der Waals surface area contributed by atoms with Gasteiger partial charge in [-0.25, -0.2) is 15.0 Å². The van der Waals surface area contributed by atoms with Gasteiger partial charge in [0.25, 0.3) is 0 Å². The fourth-order valence-electron chi connectivity index (χ4n) is 4.07. The number of hydrogen-bond donors (Lipinski definition) is 2. The summed E-state index contributed by atoms with van der Waals surface area (Å²) in [4.78, 5) is 28.0. The molecule has 3 aromatic heterocycles. The van der Waals surface area contributed by atoms with Crippen molar-refractivity contribution >= 4 is 28.9 Å². The first-order valence-electron chi connectivity index (χ1n) is 10.9. The van der Waals surface area contributed by atoms with E-state index in [2.05, 4.69) is 25.3 Å². The van der Waals surface area contributed by atoms with E-state index in [4.69, 9.17) is 14.3 Å². The highest BCUT2D eigenvalue weighted by molar-refractivity contribution is 5.71. The topological polar surface area (TPSA) is 123 Å². The summed E-state index contributed by atoms with van der Waals surface area (Å²) in [5, 5.41) is 12.1. The number of nitrogens with one attached hydrogen (secondary N) is 1. The number of fused-ring (bicyclic) bond motifs is 1. The maximum Gasteiger partial charge on any atom is 0.316 e. The summed E-state index contributed by atoms with van der Waals surface area (Å²) in [6.07, 6.45) is 8.80. The van der Waals surface area contributed by atoms with Crippen molar-refractivity contribution in [1.82, 2.24) is 19.9 Å². The maximum absolute atomic E-state index is 10.9. The molecule has 0 saturated heterocycles. The Labute approximate surface area is 189 Å². The number of rotatable bonds is 7. The predicted molar refractivity (Wildman–Crippen MR) is 121 cm³/mol. The van der Waals surface area contributed by atoms with Crippen molar-refractivity contribution in [3.05, 3.63) is 55.0 Å². The monoisotopic (exact) mass is 445 g/mol. The highest BCUT2D eigenvalue weighted by atomic mass is 16.5. The van der Waals surface area contributed by atoms with E-state index >= 15 is 0 Å². The van der Waals surface area contributed by atoms with Gasteiger partial charge in [-0.15, -0.1) is 0 Å². The standard InChI is InChI=1S/C24H23N5O4/c30-21(31)12-15-3-9-19(10-4-15)32-23-26-13-17(14-27-23)16-5-7-18(8-6-16)28-24-29-22-20(33-24)2-1-11-25-22/h1-2,5-8,11,13-15,19H,3-4,9-10,12H2,(H,30,31)(H,25,28,29). The number of nitrogens with zero attached hydrogens (tertiary/aromatic N) is 4. The molecule has 1 saturated carbocycles. The number of carboxylic acids is 1. The van der Waals surface area contributed by atoms with Crippen LogP contribution in [0.25, 0.3) is 22.4 Å². The number of carbonyl (C=O) groups is 1. The number of aromatic nitrogens is 4. The molecule has 9 nitrogen and oxygen atoms in total. The van der Waals surface area contributed by atoms with Crippen LogP contribution in [0.2, 0.25) is 0 Å². The SMILES string of the molecule is O=C(O)CC1CCC(Oc2ncc(-c3ccc(Nc4nc5ncccc5o4)cc3)cn2)CC1. The fourth-order valence-corrected chi connectivity index (χ4v) is 4.07. The van der Waals surface area contributed by atoms with Crippen LogP contribution in [0, 0.1) is 5.92 Å². The van der Waals surface area contributed by atoms with E-state index in [0.717, 1.165) is 42.5 Å². The van der Waals surface area contributed by atoms with Gasteiger partial charge >= 0.3 is 18.0 Å². The summed E-state index contributed by atoms with van der Waals surface area (Å²) in [6, 6.07) is 12.1. The molecule has 168 valence electrons. The summed E-state index contributed by atoms with van der Waals surface area (Å²) < 4.78 is 11.5. The molecule has 33 heavy (non-hydrogen) atoms. The van der Waals surface area contributed by atoms with Gasteiger partial charge in [-0.05, 0) is 61.4 Å². The van der Waals surface area contributed by atoms with Crippen molar-refractivity contribution in [2.45, 2.75) is 38.2 Å². The molecule has 0 aliphatic heterocycles. The summed E-state index contributed by atoms with van der Waals surface area (Å²) in [7, 11) is 0. The van der Waals surface area contributed by atoms with Crippen molar-refractivity contribution < 1.29 is 19.1 Å². The first-order chi connectivity index (χ1) is 16.1. The lowest BCUT2D eigenvalue weighted by Gasteiger charge is -2.27. The number of oxazole rings is 1. The first kappa shape index (κ1) is 20.9. The minimum absolute atomic E-state index is 0.0355. The van der Waals surface area contributed by atoms with Gasteiger partial charge < -0.3 is 19.6 Å². The quantitative estimate of drug-likeness (QED) is 0.411. The lowest BCUT2D eigenvalue weighted by atomic mass is 9.85. The van der Waals surface area contributed by atoms with Crippen LogP contribution in [0.5, 0.6) is 6.01 Å². The molecule has 0 bridgehead atoms. The fraction of sp³-hybridized carbons (Fsp3) is 0.292. The molecule has 4 aromatic rings. The minimum Gasteiger partial charge on any atom is -0.481 e. The Balaban J connectivity index is 1.17. The number of ether oxygens (including phenoxy) is 1. The third-order valence-electron chi connectivity index (χ3n) is 5.79. The summed E-state index contributed by atoms with van der Waals surface area (Å²) >= 11 is 0. The molecular formula is C24H23N5O4. The van der Waals surface area contributed by atoms with Crippen LogP contribution in [0.3, 0.4) is 0 Å². The van der Waals surface area contributed by atoms with Crippen molar-refractivity contribution in [3.63, 3.8) is 0 Å². The molecule has 9 heteroatoms. The van der Waals surface area contributed by atoms with E-state index in [1.54, 1.807) is 24.7 Å². The second-order valence-corrected chi connectivity index (χ2v) is 8.16. The lowest BCUT2D eigenvalue weighted by Crippen LogP contribution is -2.25. The predicted octanol–water partition coefficient (Wildman–Crippen LogP) is 4.84. The van der Waals surface area contributed by atoms with Crippen molar-refractivity contribution in [3.8, 4) is 17.1 Å². The normalized spacial score (nSPS) is 18.2. The molecule has 0 unspecified atom stereocenters. The smallest absolute Gasteiger partial charge is 0.316 e. The van der Waals surface area contributed by atoms with Crippen molar-refractivity contribution in [2.75, 3.05) is 5.32 Å². The van der Waals surface area contributed by atoms with Gasteiger partial charge in [0, 0.05) is 36.3 Å². The van der Waals surface area contributed by atoms with E-state index in [0.29, 0.717) is 23.3 Å². The number of hydrogen-bond acceptors (Lipinski definition) is 8. The van der Waals surface area contributed by atoms with Gasteiger partial charge in [0.05, 0.1) is 0 Å². The van der Waals surface area contributed by atoms with Gasteiger partial charge in [0.2, 0.25) is 5.65 Å².